The number of carbonyl (C=O) groups is 2. The monoisotopic (exact) mass is 329 g/mol. The van der Waals surface area contributed by atoms with Crippen LogP contribution in [0.25, 0.3) is 0 Å². The fourth-order valence-electron chi connectivity index (χ4n) is 2.46. The van der Waals surface area contributed by atoms with E-state index in [4.69, 9.17) is 5.73 Å². The topological polar surface area (TPSA) is 84.2 Å². The summed E-state index contributed by atoms with van der Waals surface area (Å²) < 4.78 is 13.6. The second-order valence-corrected chi connectivity index (χ2v) is 5.63. The van der Waals surface area contributed by atoms with Crippen LogP contribution >= 0.6 is 0 Å². The molecule has 0 aliphatic rings. The average molecular weight is 329 g/mol. The number of benzene rings is 2. The van der Waals surface area contributed by atoms with E-state index in [2.05, 4.69) is 10.6 Å². The van der Waals surface area contributed by atoms with Gasteiger partial charge in [-0.3, -0.25) is 4.79 Å². The van der Waals surface area contributed by atoms with Gasteiger partial charge >= 0.3 is 6.03 Å². The van der Waals surface area contributed by atoms with E-state index in [1.165, 1.54) is 6.07 Å². The van der Waals surface area contributed by atoms with Gasteiger partial charge in [0.1, 0.15) is 5.82 Å². The molecule has 5 nitrogen and oxygen atoms in total. The highest BCUT2D eigenvalue weighted by Crippen LogP contribution is 2.22. The van der Waals surface area contributed by atoms with Crippen LogP contribution < -0.4 is 16.4 Å². The van der Waals surface area contributed by atoms with Crippen molar-refractivity contribution in [1.82, 2.24) is 5.32 Å². The highest BCUT2D eigenvalue weighted by Gasteiger charge is 2.19. The van der Waals surface area contributed by atoms with E-state index < -0.39 is 17.9 Å². The van der Waals surface area contributed by atoms with Gasteiger partial charge in [-0.25, -0.2) is 9.18 Å². The Morgan fingerprint density at radius 2 is 1.83 bits per heavy atom. The molecule has 3 amide bonds. The molecular formula is C18H20FN3O2. The molecule has 0 aliphatic carbocycles. The summed E-state index contributed by atoms with van der Waals surface area (Å²) >= 11 is 0. The van der Waals surface area contributed by atoms with Crippen LogP contribution in [0.2, 0.25) is 0 Å². The van der Waals surface area contributed by atoms with Crippen molar-refractivity contribution in [3.05, 3.63) is 65.0 Å². The van der Waals surface area contributed by atoms with Gasteiger partial charge in [-0.15, -0.1) is 0 Å². The summed E-state index contributed by atoms with van der Waals surface area (Å²) in [5, 5.41) is 5.21. The first-order chi connectivity index (χ1) is 11.4. The average Bonchev–Trinajstić information content (AvgIpc) is 2.50. The maximum atomic E-state index is 13.6. The van der Waals surface area contributed by atoms with Gasteiger partial charge in [0, 0.05) is 5.69 Å². The Morgan fingerprint density at radius 3 is 2.46 bits per heavy atom. The minimum atomic E-state index is -0.711. The van der Waals surface area contributed by atoms with Gasteiger partial charge in [-0.1, -0.05) is 30.3 Å². The summed E-state index contributed by atoms with van der Waals surface area (Å²) in [4.78, 5) is 23.5. The van der Waals surface area contributed by atoms with Gasteiger partial charge in [-0.2, -0.15) is 0 Å². The van der Waals surface area contributed by atoms with Crippen molar-refractivity contribution >= 4 is 17.6 Å². The van der Waals surface area contributed by atoms with Crippen LogP contribution in [0.1, 0.15) is 29.2 Å². The smallest absolute Gasteiger partial charge is 0.312 e. The molecule has 2 rings (SSSR count). The standard InChI is InChI=1S/C18H20FN3O2/c1-11-5-3-4-6-14(11)16(22-18(20)24)10-17(23)21-13-8-7-12(2)15(19)9-13/h3-9,16H,10H2,1-2H3,(H,21,23)(H3,20,22,24). The number of halogens is 1. The summed E-state index contributed by atoms with van der Waals surface area (Å²) in [6.45, 7) is 3.53. The molecule has 0 fully saturated rings. The SMILES string of the molecule is Cc1ccc(NC(=O)CC(NC(N)=O)c2ccccc2C)cc1F. The number of hydrogen-bond acceptors (Lipinski definition) is 2. The Morgan fingerprint density at radius 1 is 1.12 bits per heavy atom. The van der Waals surface area contributed by atoms with E-state index in [1.54, 1.807) is 19.1 Å². The van der Waals surface area contributed by atoms with Crippen molar-refractivity contribution in [2.75, 3.05) is 5.32 Å². The summed E-state index contributed by atoms with van der Waals surface area (Å²) in [6, 6.07) is 10.6. The largest absolute Gasteiger partial charge is 0.352 e. The zero-order valence-electron chi connectivity index (χ0n) is 13.6. The summed E-state index contributed by atoms with van der Waals surface area (Å²) in [6.07, 6.45) is -0.0106. The molecule has 0 saturated heterocycles. The van der Waals surface area contributed by atoms with E-state index in [-0.39, 0.29) is 12.3 Å². The van der Waals surface area contributed by atoms with E-state index in [1.807, 2.05) is 31.2 Å². The zero-order chi connectivity index (χ0) is 17.7. The summed E-state index contributed by atoms with van der Waals surface area (Å²) in [7, 11) is 0. The molecule has 1 unspecified atom stereocenters. The molecular weight excluding hydrogens is 309 g/mol. The molecule has 0 spiro atoms. The number of aryl methyl sites for hydroxylation is 2. The third-order valence-electron chi connectivity index (χ3n) is 3.73. The van der Waals surface area contributed by atoms with Crippen LogP contribution in [0.3, 0.4) is 0 Å². The fourth-order valence-corrected chi connectivity index (χ4v) is 2.46. The Hall–Kier alpha value is -2.89. The molecule has 4 N–H and O–H groups in total. The normalized spacial score (nSPS) is 11.6. The Kier molecular flexibility index (Phi) is 5.52. The molecule has 0 heterocycles. The number of nitrogens with two attached hydrogens (primary N) is 1. The van der Waals surface area contributed by atoms with Crippen LogP contribution in [-0.2, 0) is 4.79 Å². The number of urea groups is 1. The van der Waals surface area contributed by atoms with Crippen molar-refractivity contribution in [2.24, 2.45) is 5.73 Å². The van der Waals surface area contributed by atoms with Gasteiger partial charge in [0.2, 0.25) is 5.91 Å². The van der Waals surface area contributed by atoms with Gasteiger partial charge in [-0.05, 0) is 42.7 Å². The molecule has 1 atom stereocenters. The van der Waals surface area contributed by atoms with Crippen LogP contribution in [-0.4, -0.2) is 11.9 Å². The number of carbonyl (C=O) groups excluding carboxylic acids is 2. The first kappa shape index (κ1) is 17.5. The third-order valence-corrected chi connectivity index (χ3v) is 3.73. The predicted molar refractivity (Wildman–Crippen MR) is 91.0 cm³/mol. The molecule has 2 aromatic carbocycles. The van der Waals surface area contributed by atoms with Crippen LogP contribution in [0.5, 0.6) is 0 Å². The summed E-state index contributed by atoms with van der Waals surface area (Å²) in [5.74, 6) is -0.737. The van der Waals surface area contributed by atoms with E-state index in [9.17, 15) is 14.0 Å². The predicted octanol–water partition coefficient (Wildman–Crippen LogP) is 3.18. The number of nitrogens with one attached hydrogen (secondary N) is 2. The van der Waals surface area contributed by atoms with E-state index in [0.29, 0.717) is 11.3 Å². The minimum Gasteiger partial charge on any atom is -0.352 e. The number of primary amides is 1. The van der Waals surface area contributed by atoms with Crippen molar-refractivity contribution < 1.29 is 14.0 Å². The third kappa shape index (κ3) is 4.55. The lowest BCUT2D eigenvalue weighted by Gasteiger charge is -2.19. The Balaban J connectivity index is 2.14. The summed E-state index contributed by atoms with van der Waals surface area (Å²) in [5.41, 5.74) is 7.82. The zero-order valence-corrected chi connectivity index (χ0v) is 13.6. The molecule has 0 aromatic heterocycles. The minimum absolute atomic E-state index is 0.0106. The molecule has 126 valence electrons. The van der Waals surface area contributed by atoms with Crippen molar-refractivity contribution in [3.8, 4) is 0 Å². The van der Waals surface area contributed by atoms with Gasteiger partial charge < -0.3 is 16.4 Å². The van der Waals surface area contributed by atoms with E-state index in [0.717, 1.165) is 11.1 Å². The second kappa shape index (κ2) is 7.59. The Labute approximate surface area is 140 Å². The first-order valence-corrected chi connectivity index (χ1v) is 7.54. The number of rotatable bonds is 5. The second-order valence-electron chi connectivity index (χ2n) is 5.63. The molecule has 2 aromatic rings. The fraction of sp³-hybridized carbons (Fsp3) is 0.222. The van der Waals surface area contributed by atoms with Crippen molar-refractivity contribution in [3.63, 3.8) is 0 Å². The lowest BCUT2D eigenvalue weighted by molar-refractivity contribution is -0.116. The maximum absolute atomic E-state index is 13.6. The number of amides is 3. The lowest BCUT2D eigenvalue weighted by atomic mass is 9.98. The van der Waals surface area contributed by atoms with Crippen molar-refractivity contribution in [2.45, 2.75) is 26.3 Å². The van der Waals surface area contributed by atoms with Gasteiger partial charge in [0.25, 0.3) is 0 Å². The van der Waals surface area contributed by atoms with Gasteiger partial charge in [0.15, 0.2) is 0 Å². The van der Waals surface area contributed by atoms with E-state index >= 15 is 0 Å². The lowest BCUT2D eigenvalue weighted by Crippen LogP contribution is -2.35. The highest BCUT2D eigenvalue weighted by atomic mass is 19.1. The molecule has 0 radical (unpaired) electrons. The number of anilines is 1. The highest BCUT2D eigenvalue weighted by molar-refractivity contribution is 5.91. The molecule has 0 saturated carbocycles. The molecule has 0 aliphatic heterocycles. The molecule has 6 heteroatoms. The Bertz CT molecular complexity index is 762. The van der Waals surface area contributed by atoms with Crippen LogP contribution in [0, 0.1) is 19.7 Å². The number of hydrogen-bond donors (Lipinski definition) is 3. The van der Waals surface area contributed by atoms with Crippen LogP contribution in [0.15, 0.2) is 42.5 Å². The molecule has 0 bridgehead atoms. The quantitative estimate of drug-likeness (QED) is 0.787. The van der Waals surface area contributed by atoms with Crippen LogP contribution in [0.4, 0.5) is 14.9 Å². The maximum Gasteiger partial charge on any atom is 0.312 e. The van der Waals surface area contributed by atoms with Gasteiger partial charge in [0.05, 0.1) is 12.5 Å². The first-order valence-electron chi connectivity index (χ1n) is 7.54. The molecule has 24 heavy (non-hydrogen) atoms. The van der Waals surface area contributed by atoms with Crippen molar-refractivity contribution in [1.29, 1.82) is 0 Å².